The van der Waals surface area contributed by atoms with E-state index in [2.05, 4.69) is 26.6 Å². The highest BCUT2D eigenvalue weighted by Crippen LogP contribution is 2.31. The van der Waals surface area contributed by atoms with Crippen LogP contribution in [0.5, 0.6) is 5.88 Å². The molecule has 4 rings (SSSR count). The Bertz CT molecular complexity index is 1520. The summed E-state index contributed by atoms with van der Waals surface area (Å²) >= 11 is 0. The van der Waals surface area contributed by atoms with E-state index in [1.807, 2.05) is 0 Å². The highest BCUT2D eigenvalue weighted by Gasteiger charge is 2.22. The van der Waals surface area contributed by atoms with E-state index in [9.17, 15) is 17.2 Å². The SMILES string of the molecule is COc1ncc(-c2ccn3ncc(C#CCO)c3c2)cc1NS(=O)(=O)c1ccc(F)cc1F. The monoisotopic (exact) mass is 470 g/mol. The van der Waals surface area contributed by atoms with Crippen molar-refractivity contribution in [2.45, 2.75) is 4.90 Å². The molecule has 3 aromatic heterocycles. The van der Waals surface area contributed by atoms with Crippen LogP contribution >= 0.6 is 0 Å². The zero-order valence-electron chi connectivity index (χ0n) is 17.1. The third-order valence-corrected chi connectivity index (χ3v) is 6.03. The molecule has 0 amide bonds. The lowest BCUT2D eigenvalue weighted by atomic mass is 10.1. The van der Waals surface area contributed by atoms with Crippen molar-refractivity contribution in [3.63, 3.8) is 0 Å². The predicted molar refractivity (Wildman–Crippen MR) is 116 cm³/mol. The van der Waals surface area contributed by atoms with Crippen molar-refractivity contribution in [2.75, 3.05) is 18.4 Å². The third kappa shape index (κ3) is 4.48. The molecule has 4 aromatic rings. The van der Waals surface area contributed by atoms with Crippen molar-refractivity contribution < 1.29 is 27.0 Å². The number of hydrogen-bond acceptors (Lipinski definition) is 6. The van der Waals surface area contributed by atoms with Gasteiger partial charge in [-0.1, -0.05) is 11.8 Å². The molecule has 0 aliphatic heterocycles. The summed E-state index contributed by atoms with van der Waals surface area (Å²) in [4.78, 5) is 3.42. The molecule has 0 radical (unpaired) electrons. The molecule has 0 spiro atoms. The second-order valence-electron chi connectivity index (χ2n) is 6.72. The van der Waals surface area contributed by atoms with E-state index < -0.39 is 26.6 Å². The fourth-order valence-electron chi connectivity index (χ4n) is 3.13. The van der Waals surface area contributed by atoms with Crippen LogP contribution in [-0.4, -0.2) is 41.8 Å². The molecule has 0 bridgehead atoms. The van der Waals surface area contributed by atoms with Gasteiger partial charge in [-0.2, -0.15) is 5.10 Å². The van der Waals surface area contributed by atoms with Crippen LogP contribution in [0.2, 0.25) is 0 Å². The number of aliphatic hydroxyl groups excluding tert-OH is 1. The second-order valence-corrected chi connectivity index (χ2v) is 8.38. The molecule has 0 saturated heterocycles. The van der Waals surface area contributed by atoms with Gasteiger partial charge < -0.3 is 9.84 Å². The molecule has 0 fully saturated rings. The van der Waals surface area contributed by atoms with Gasteiger partial charge in [-0.3, -0.25) is 4.72 Å². The van der Waals surface area contributed by atoms with E-state index in [1.54, 1.807) is 29.0 Å². The first kappa shape index (κ1) is 22.2. The molecule has 1 aromatic carbocycles. The highest BCUT2D eigenvalue weighted by atomic mass is 32.2. The lowest BCUT2D eigenvalue weighted by molar-refractivity contribution is 0.350. The fraction of sp³-hybridized carbons (Fsp3) is 0.0909. The summed E-state index contributed by atoms with van der Waals surface area (Å²) in [7, 11) is -3.09. The molecule has 3 heterocycles. The Labute approximate surface area is 187 Å². The lowest BCUT2D eigenvalue weighted by Gasteiger charge is -2.13. The smallest absolute Gasteiger partial charge is 0.264 e. The van der Waals surface area contributed by atoms with E-state index >= 15 is 0 Å². The summed E-state index contributed by atoms with van der Waals surface area (Å²) in [5.74, 6) is 3.22. The molecule has 0 atom stereocenters. The maximum atomic E-state index is 14.1. The number of aromatic nitrogens is 3. The standard InChI is InChI=1S/C22H16F2N4O4S/c1-32-22-19(27-33(30,31)21-5-4-17(23)11-18(21)24)9-16(12-25-22)14-6-7-28-20(10-14)15(13-26-28)3-2-8-29/h4-7,9-13,27,29H,8H2,1H3. The number of methoxy groups -OCH3 is 1. The van der Waals surface area contributed by atoms with E-state index in [0.29, 0.717) is 28.3 Å². The van der Waals surface area contributed by atoms with Gasteiger partial charge in [-0.15, -0.1) is 0 Å². The Kier molecular flexibility index (Phi) is 5.95. The number of sulfonamides is 1. The minimum absolute atomic E-state index is 0.0348. The van der Waals surface area contributed by atoms with Gasteiger partial charge >= 0.3 is 0 Å². The van der Waals surface area contributed by atoms with E-state index in [0.717, 1.165) is 12.1 Å². The maximum Gasteiger partial charge on any atom is 0.264 e. The number of aliphatic hydroxyl groups is 1. The Morgan fingerprint density at radius 1 is 1.15 bits per heavy atom. The second kappa shape index (κ2) is 8.85. The fourth-order valence-corrected chi connectivity index (χ4v) is 4.24. The molecular formula is C22H16F2N4O4S. The highest BCUT2D eigenvalue weighted by molar-refractivity contribution is 7.92. The van der Waals surface area contributed by atoms with Crippen LogP contribution in [0.4, 0.5) is 14.5 Å². The predicted octanol–water partition coefficient (Wildman–Crippen LogP) is 2.83. The number of fused-ring (bicyclic) bond motifs is 1. The minimum atomic E-state index is -4.40. The lowest BCUT2D eigenvalue weighted by Crippen LogP contribution is -2.15. The molecule has 2 N–H and O–H groups in total. The average molecular weight is 470 g/mol. The summed E-state index contributed by atoms with van der Waals surface area (Å²) in [6.07, 6.45) is 4.73. The van der Waals surface area contributed by atoms with Crippen LogP contribution in [-0.2, 0) is 10.0 Å². The number of rotatable bonds is 5. The Balaban J connectivity index is 1.76. The molecule has 11 heteroatoms. The normalized spacial score (nSPS) is 11.2. The van der Waals surface area contributed by atoms with Crippen molar-refractivity contribution in [3.05, 3.63) is 72.2 Å². The largest absolute Gasteiger partial charge is 0.480 e. The van der Waals surface area contributed by atoms with Crippen LogP contribution in [0.15, 0.2) is 59.9 Å². The van der Waals surface area contributed by atoms with Gasteiger partial charge in [0.15, 0.2) is 0 Å². The average Bonchev–Trinajstić information content (AvgIpc) is 3.19. The summed E-state index contributed by atoms with van der Waals surface area (Å²) in [6, 6.07) is 7.16. The van der Waals surface area contributed by atoms with E-state index in [4.69, 9.17) is 9.84 Å². The van der Waals surface area contributed by atoms with Gasteiger partial charge in [-0.05, 0) is 35.9 Å². The first-order valence-corrected chi connectivity index (χ1v) is 10.9. The van der Waals surface area contributed by atoms with Crippen LogP contribution in [0.1, 0.15) is 5.56 Å². The van der Waals surface area contributed by atoms with Crippen LogP contribution in [0.3, 0.4) is 0 Å². The first-order valence-electron chi connectivity index (χ1n) is 9.42. The molecular weight excluding hydrogens is 454 g/mol. The number of benzene rings is 1. The van der Waals surface area contributed by atoms with Gasteiger partial charge in [0, 0.05) is 24.0 Å². The van der Waals surface area contributed by atoms with Crippen molar-refractivity contribution >= 4 is 21.2 Å². The van der Waals surface area contributed by atoms with E-state index in [-0.39, 0.29) is 18.2 Å². The summed E-state index contributed by atoms with van der Waals surface area (Å²) in [5, 5.41) is 13.1. The van der Waals surface area contributed by atoms with Gasteiger partial charge in [0.2, 0.25) is 5.88 Å². The Hall–Kier alpha value is -4.01. The summed E-state index contributed by atoms with van der Waals surface area (Å²) in [5.41, 5.74) is 2.42. The van der Waals surface area contributed by atoms with Gasteiger partial charge in [0.25, 0.3) is 10.0 Å². The number of ether oxygens (including phenoxy) is 1. The molecule has 0 aliphatic carbocycles. The number of halogens is 2. The van der Waals surface area contributed by atoms with Crippen molar-refractivity contribution in [2.24, 2.45) is 0 Å². The number of nitrogens with zero attached hydrogens (tertiary/aromatic N) is 3. The number of nitrogens with one attached hydrogen (secondary N) is 1. The maximum absolute atomic E-state index is 14.1. The zero-order valence-corrected chi connectivity index (χ0v) is 17.9. The molecule has 33 heavy (non-hydrogen) atoms. The van der Waals surface area contributed by atoms with Crippen molar-refractivity contribution in [1.82, 2.24) is 14.6 Å². The Morgan fingerprint density at radius 3 is 2.70 bits per heavy atom. The number of hydrogen-bond donors (Lipinski definition) is 2. The van der Waals surface area contributed by atoms with Crippen LogP contribution < -0.4 is 9.46 Å². The van der Waals surface area contributed by atoms with Crippen LogP contribution in [0.25, 0.3) is 16.6 Å². The zero-order chi connectivity index (χ0) is 23.6. The van der Waals surface area contributed by atoms with Crippen molar-refractivity contribution in [3.8, 4) is 28.8 Å². The van der Waals surface area contributed by atoms with Crippen molar-refractivity contribution in [1.29, 1.82) is 0 Å². The van der Waals surface area contributed by atoms with Gasteiger partial charge in [-0.25, -0.2) is 26.7 Å². The topological polar surface area (TPSA) is 106 Å². The Morgan fingerprint density at radius 2 is 1.97 bits per heavy atom. The minimum Gasteiger partial charge on any atom is -0.480 e. The molecule has 168 valence electrons. The van der Waals surface area contributed by atoms with Crippen LogP contribution in [0, 0.1) is 23.5 Å². The van der Waals surface area contributed by atoms with Gasteiger partial charge in [0.1, 0.15) is 28.8 Å². The first-order chi connectivity index (χ1) is 15.8. The number of pyridine rings is 2. The molecule has 8 nitrogen and oxygen atoms in total. The molecule has 0 unspecified atom stereocenters. The van der Waals surface area contributed by atoms with E-state index in [1.165, 1.54) is 19.4 Å². The summed E-state index contributed by atoms with van der Waals surface area (Å²) in [6.45, 7) is -0.294. The molecule has 0 saturated carbocycles. The third-order valence-electron chi connectivity index (χ3n) is 4.63. The number of anilines is 1. The summed E-state index contributed by atoms with van der Waals surface area (Å²) < 4.78 is 61.7. The quantitative estimate of drug-likeness (QED) is 0.435. The molecule has 0 aliphatic rings. The van der Waals surface area contributed by atoms with Gasteiger partial charge in [0.05, 0.1) is 24.4 Å².